The third-order valence-electron chi connectivity index (χ3n) is 7.38. The second-order valence-corrected chi connectivity index (χ2v) is 10.1. The molecule has 1 saturated heterocycles. The second-order valence-electron chi connectivity index (χ2n) is 10.1. The molecule has 0 aliphatic carbocycles. The molecule has 7 heteroatoms. The normalized spacial score (nSPS) is 17.5. The Kier molecular flexibility index (Phi) is 8.07. The molecule has 0 spiro atoms. The molecule has 1 aromatic heterocycles. The highest BCUT2D eigenvalue weighted by molar-refractivity contribution is 5.86. The molecule has 5 rings (SSSR count). The maximum absolute atomic E-state index is 15.3. The van der Waals surface area contributed by atoms with E-state index < -0.39 is 23.1 Å². The Balaban J connectivity index is 1.27. The molecule has 2 atom stereocenters. The van der Waals surface area contributed by atoms with Gasteiger partial charge in [-0.15, -0.1) is 0 Å². The van der Waals surface area contributed by atoms with Crippen molar-refractivity contribution in [3.8, 4) is 17.1 Å². The summed E-state index contributed by atoms with van der Waals surface area (Å²) >= 11 is 0. The van der Waals surface area contributed by atoms with E-state index in [9.17, 15) is 13.6 Å². The van der Waals surface area contributed by atoms with Crippen molar-refractivity contribution in [1.29, 1.82) is 0 Å². The van der Waals surface area contributed by atoms with Gasteiger partial charge in [0.2, 0.25) is 0 Å². The van der Waals surface area contributed by atoms with E-state index in [0.717, 1.165) is 31.2 Å². The van der Waals surface area contributed by atoms with Crippen LogP contribution in [0.15, 0.2) is 63.8 Å². The van der Waals surface area contributed by atoms with Gasteiger partial charge < -0.3 is 13.9 Å². The van der Waals surface area contributed by atoms with Gasteiger partial charge in [-0.05, 0) is 66.0 Å². The SMILES string of the molecule is CCCc1ccc(C2CCC(COc3ccc4cc(-c5ccc(CC)c(F)c5F)oc(=O)c4c3F)CO2)cc1. The number of ether oxygens (including phenoxy) is 2. The summed E-state index contributed by atoms with van der Waals surface area (Å²) in [6, 6.07) is 15.6. The van der Waals surface area contributed by atoms with Crippen molar-refractivity contribution in [2.24, 2.45) is 5.92 Å². The highest BCUT2D eigenvalue weighted by atomic mass is 19.2. The van der Waals surface area contributed by atoms with Crippen LogP contribution in [0, 0.1) is 23.4 Å². The van der Waals surface area contributed by atoms with Gasteiger partial charge >= 0.3 is 5.63 Å². The molecule has 39 heavy (non-hydrogen) atoms. The third kappa shape index (κ3) is 5.59. The topological polar surface area (TPSA) is 48.7 Å². The first-order chi connectivity index (χ1) is 18.9. The van der Waals surface area contributed by atoms with Crippen molar-refractivity contribution < 1.29 is 27.1 Å². The summed E-state index contributed by atoms with van der Waals surface area (Å²) in [4.78, 5) is 12.7. The lowest BCUT2D eigenvalue weighted by atomic mass is 9.94. The van der Waals surface area contributed by atoms with Crippen LogP contribution in [0.2, 0.25) is 0 Å². The standard InChI is InChI=1S/C32H31F3O4/c1-3-5-19-6-9-22(10-7-19)25-14-8-20(17-37-25)18-38-26-15-12-23-16-27(39-32(36)28(23)31(26)35)24-13-11-21(4-2)29(33)30(24)34/h6-7,9-13,15-16,20,25H,3-5,8,14,17-18H2,1-2H3. The highest BCUT2D eigenvalue weighted by Gasteiger charge is 2.25. The number of aryl methyl sites for hydroxylation is 2. The fraction of sp³-hybridized carbons (Fsp3) is 0.344. The number of hydrogen-bond acceptors (Lipinski definition) is 4. The van der Waals surface area contributed by atoms with Crippen molar-refractivity contribution >= 4 is 10.8 Å². The average Bonchev–Trinajstić information content (AvgIpc) is 2.95. The van der Waals surface area contributed by atoms with Crippen LogP contribution in [-0.4, -0.2) is 13.2 Å². The van der Waals surface area contributed by atoms with Gasteiger partial charge in [0, 0.05) is 5.92 Å². The molecular weight excluding hydrogens is 505 g/mol. The molecule has 1 aliphatic rings. The van der Waals surface area contributed by atoms with Gasteiger partial charge in [0.15, 0.2) is 23.2 Å². The number of halogens is 3. The summed E-state index contributed by atoms with van der Waals surface area (Å²) in [5.41, 5.74) is 1.50. The molecule has 0 amide bonds. The summed E-state index contributed by atoms with van der Waals surface area (Å²) in [5.74, 6) is -3.10. The van der Waals surface area contributed by atoms with Crippen molar-refractivity contribution in [1.82, 2.24) is 0 Å². The van der Waals surface area contributed by atoms with Crippen LogP contribution in [0.25, 0.3) is 22.1 Å². The van der Waals surface area contributed by atoms with E-state index >= 15 is 4.39 Å². The van der Waals surface area contributed by atoms with E-state index in [0.29, 0.717) is 13.0 Å². The molecule has 204 valence electrons. The number of rotatable bonds is 8. The lowest BCUT2D eigenvalue weighted by Gasteiger charge is -2.29. The third-order valence-corrected chi connectivity index (χ3v) is 7.38. The van der Waals surface area contributed by atoms with E-state index in [2.05, 4.69) is 31.2 Å². The smallest absolute Gasteiger partial charge is 0.347 e. The fourth-order valence-corrected chi connectivity index (χ4v) is 5.11. The zero-order valence-corrected chi connectivity index (χ0v) is 22.1. The van der Waals surface area contributed by atoms with Crippen LogP contribution in [0.1, 0.15) is 55.9 Å². The van der Waals surface area contributed by atoms with Crippen LogP contribution in [-0.2, 0) is 17.6 Å². The van der Waals surface area contributed by atoms with E-state index in [-0.39, 0.29) is 52.0 Å². The lowest BCUT2D eigenvalue weighted by Crippen LogP contribution is -2.25. The molecule has 1 aliphatic heterocycles. The van der Waals surface area contributed by atoms with Crippen LogP contribution in [0.5, 0.6) is 5.75 Å². The highest BCUT2D eigenvalue weighted by Crippen LogP contribution is 2.33. The van der Waals surface area contributed by atoms with E-state index in [1.54, 1.807) is 6.92 Å². The van der Waals surface area contributed by atoms with Gasteiger partial charge in [-0.3, -0.25) is 0 Å². The minimum absolute atomic E-state index is 0.0321. The summed E-state index contributed by atoms with van der Waals surface area (Å²) < 4.78 is 61.2. The quantitative estimate of drug-likeness (QED) is 0.229. The van der Waals surface area contributed by atoms with Crippen LogP contribution >= 0.6 is 0 Å². The largest absolute Gasteiger partial charge is 0.490 e. The number of benzene rings is 3. The Labute approximate surface area is 225 Å². The number of fused-ring (bicyclic) bond motifs is 1. The molecule has 2 unspecified atom stereocenters. The first-order valence-electron chi connectivity index (χ1n) is 13.5. The summed E-state index contributed by atoms with van der Waals surface area (Å²) in [6.07, 6.45) is 4.22. The van der Waals surface area contributed by atoms with Crippen LogP contribution in [0.3, 0.4) is 0 Å². The molecule has 2 heterocycles. The molecule has 0 saturated carbocycles. The monoisotopic (exact) mass is 536 g/mol. The van der Waals surface area contributed by atoms with Crippen molar-refractivity contribution in [2.75, 3.05) is 13.2 Å². The molecule has 0 N–H and O–H groups in total. The predicted octanol–water partition coefficient (Wildman–Crippen LogP) is 7.94. The predicted molar refractivity (Wildman–Crippen MR) is 145 cm³/mol. The van der Waals surface area contributed by atoms with Crippen molar-refractivity contribution in [2.45, 2.75) is 52.1 Å². The first-order valence-corrected chi connectivity index (χ1v) is 13.5. The van der Waals surface area contributed by atoms with Gasteiger partial charge in [0.25, 0.3) is 0 Å². The summed E-state index contributed by atoms with van der Waals surface area (Å²) in [5, 5.41) is -0.0898. The Morgan fingerprint density at radius 1 is 0.923 bits per heavy atom. The zero-order valence-electron chi connectivity index (χ0n) is 22.1. The molecule has 4 aromatic rings. The number of hydrogen-bond donors (Lipinski definition) is 0. The molecule has 1 fully saturated rings. The van der Waals surface area contributed by atoms with Crippen molar-refractivity contribution in [3.63, 3.8) is 0 Å². The first kappa shape index (κ1) is 27.0. The van der Waals surface area contributed by atoms with E-state index in [4.69, 9.17) is 13.9 Å². The Hall–Kier alpha value is -3.58. The van der Waals surface area contributed by atoms with E-state index in [1.807, 2.05) is 0 Å². The lowest BCUT2D eigenvalue weighted by molar-refractivity contribution is -0.0288. The summed E-state index contributed by atoms with van der Waals surface area (Å²) in [6.45, 7) is 4.60. The maximum Gasteiger partial charge on any atom is 0.347 e. The second kappa shape index (κ2) is 11.7. The average molecular weight is 537 g/mol. The maximum atomic E-state index is 15.3. The molecular formula is C32H31F3O4. The van der Waals surface area contributed by atoms with Crippen LogP contribution < -0.4 is 10.4 Å². The Morgan fingerprint density at radius 2 is 1.72 bits per heavy atom. The fourth-order valence-electron chi connectivity index (χ4n) is 5.11. The molecule has 4 nitrogen and oxygen atoms in total. The van der Waals surface area contributed by atoms with Gasteiger partial charge in [-0.2, -0.15) is 0 Å². The summed E-state index contributed by atoms with van der Waals surface area (Å²) in [7, 11) is 0. The minimum Gasteiger partial charge on any atom is -0.490 e. The van der Waals surface area contributed by atoms with Crippen molar-refractivity contribution in [3.05, 3.63) is 99.2 Å². The molecule has 0 radical (unpaired) electrons. The van der Waals surface area contributed by atoms with Gasteiger partial charge in [-0.25, -0.2) is 18.0 Å². The molecule has 0 bridgehead atoms. The van der Waals surface area contributed by atoms with Gasteiger partial charge in [0.05, 0.1) is 24.9 Å². The minimum atomic E-state index is -1.11. The molecule has 3 aromatic carbocycles. The van der Waals surface area contributed by atoms with E-state index in [1.165, 1.54) is 35.9 Å². The Bertz CT molecular complexity index is 1520. The Morgan fingerprint density at radius 3 is 2.41 bits per heavy atom. The van der Waals surface area contributed by atoms with Crippen LogP contribution in [0.4, 0.5) is 13.2 Å². The zero-order chi connectivity index (χ0) is 27.5. The van der Waals surface area contributed by atoms with Gasteiger partial charge in [-0.1, -0.05) is 56.7 Å². The van der Waals surface area contributed by atoms with Gasteiger partial charge in [0.1, 0.15) is 11.1 Å².